The first-order chi connectivity index (χ1) is 7.98. The van der Waals surface area contributed by atoms with Crippen LogP contribution < -0.4 is 5.32 Å². The minimum atomic E-state index is -0.0874. The number of nitrogens with one attached hydrogen (secondary N) is 1. The molecule has 0 bridgehead atoms. The maximum Gasteiger partial charge on any atom is 0.0986 e. The predicted octanol–water partition coefficient (Wildman–Crippen LogP) is 1.58. The van der Waals surface area contributed by atoms with E-state index in [-0.39, 0.29) is 17.8 Å². The predicted molar refractivity (Wildman–Crippen MR) is 68.3 cm³/mol. The van der Waals surface area contributed by atoms with Crippen molar-refractivity contribution in [1.82, 2.24) is 5.32 Å². The van der Waals surface area contributed by atoms with Crippen LogP contribution in [-0.2, 0) is 14.2 Å². The van der Waals surface area contributed by atoms with E-state index in [1.54, 1.807) is 7.11 Å². The van der Waals surface area contributed by atoms with E-state index in [1.165, 1.54) is 0 Å². The molecule has 4 heteroatoms. The summed E-state index contributed by atoms with van der Waals surface area (Å²) in [6, 6.07) is 0.443. The van der Waals surface area contributed by atoms with Crippen molar-refractivity contribution in [1.29, 1.82) is 0 Å². The van der Waals surface area contributed by atoms with Crippen LogP contribution in [0.5, 0.6) is 0 Å². The van der Waals surface area contributed by atoms with Gasteiger partial charge in [0.25, 0.3) is 0 Å². The summed E-state index contributed by atoms with van der Waals surface area (Å²) in [5, 5.41) is 3.39. The van der Waals surface area contributed by atoms with Gasteiger partial charge in [-0.25, -0.2) is 0 Å². The Morgan fingerprint density at radius 2 is 1.94 bits per heavy atom. The molecule has 1 fully saturated rings. The molecule has 0 amide bonds. The van der Waals surface area contributed by atoms with Gasteiger partial charge < -0.3 is 19.5 Å². The Kier molecular flexibility index (Phi) is 5.86. The van der Waals surface area contributed by atoms with E-state index < -0.39 is 0 Å². The molecule has 1 rings (SSSR count). The maximum absolute atomic E-state index is 5.76. The lowest BCUT2D eigenvalue weighted by Crippen LogP contribution is -2.59. The molecule has 1 N–H and O–H groups in total. The van der Waals surface area contributed by atoms with Gasteiger partial charge in [-0.2, -0.15) is 0 Å². The Hall–Kier alpha value is -0.160. The molecule has 0 aromatic carbocycles. The summed E-state index contributed by atoms with van der Waals surface area (Å²) in [4.78, 5) is 0. The van der Waals surface area contributed by atoms with E-state index in [0.717, 1.165) is 13.0 Å². The number of hydrogen-bond acceptors (Lipinski definition) is 4. The second-order valence-corrected chi connectivity index (χ2v) is 5.47. The Labute approximate surface area is 105 Å². The van der Waals surface area contributed by atoms with Crippen molar-refractivity contribution in [3.8, 4) is 0 Å². The minimum Gasteiger partial charge on any atom is -0.377 e. The summed E-state index contributed by atoms with van der Waals surface area (Å²) < 4.78 is 16.8. The van der Waals surface area contributed by atoms with Gasteiger partial charge in [0.1, 0.15) is 0 Å². The van der Waals surface area contributed by atoms with Crippen molar-refractivity contribution in [3.63, 3.8) is 0 Å². The molecular formula is C13H27NO3. The zero-order chi connectivity index (χ0) is 12.9. The molecule has 3 unspecified atom stereocenters. The van der Waals surface area contributed by atoms with Gasteiger partial charge in [0.05, 0.1) is 31.0 Å². The molecule has 3 atom stereocenters. The van der Waals surface area contributed by atoms with Crippen LogP contribution in [-0.4, -0.2) is 50.7 Å². The highest BCUT2D eigenvalue weighted by Crippen LogP contribution is 2.26. The van der Waals surface area contributed by atoms with Gasteiger partial charge in [-0.05, 0) is 33.7 Å². The maximum atomic E-state index is 5.76. The Morgan fingerprint density at radius 1 is 1.24 bits per heavy atom. The lowest BCUT2D eigenvalue weighted by Gasteiger charge is -2.43. The fraction of sp³-hybridized carbons (Fsp3) is 1.00. The fourth-order valence-electron chi connectivity index (χ4n) is 2.07. The van der Waals surface area contributed by atoms with Crippen LogP contribution in [0.25, 0.3) is 0 Å². The monoisotopic (exact) mass is 245 g/mol. The van der Waals surface area contributed by atoms with E-state index >= 15 is 0 Å². The summed E-state index contributed by atoms with van der Waals surface area (Å²) in [6.45, 7) is 10.5. The zero-order valence-electron chi connectivity index (χ0n) is 11.8. The average Bonchev–Trinajstić information content (AvgIpc) is 2.20. The van der Waals surface area contributed by atoms with E-state index in [2.05, 4.69) is 33.0 Å². The summed E-state index contributed by atoms with van der Waals surface area (Å²) >= 11 is 0. The number of ether oxygens (including phenoxy) is 3. The van der Waals surface area contributed by atoms with Crippen LogP contribution in [0.1, 0.15) is 34.1 Å². The first kappa shape index (κ1) is 14.9. The molecule has 0 aromatic heterocycles. The molecule has 1 aliphatic carbocycles. The molecule has 0 radical (unpaired) electrons. The van der Waals surface area contributed by atoms with E-state index in [1.807, 2.05) is 0 Å². The third-order valence-electron chi connectivity index (χ3n) is 2.94. The molecule has 17 heavy (non-hydrogen) atoms. The van der Waals surface area contributed by atoms with Gasteiger partial charge in [0, 0.05) is 13.2 Å². The van der Waals surface area contributed by atoms with Gasteiger partial charge in [0.2, 0.25) is 0 Å². The highest BCUT2D eigenvalue weighted by atomic mass is 16.6. The molecule has 0 aromatic rings. The summed E-state index contributed by atoms with van der Waals surface area (Å²) in [7, 11) is 1.75. The number of hydrogen-bond donors (Lipinski definition) is 1. The van der Waals surface area contributed by atoms with Crippen molar-refractivity contribution >= 4 is 0 Å². The largest absolute Gasteiger partial charge is 0.377 e. The second-order valence-electron chi connectivity index (χ2n) is 5.47. The molecule has 0 aliphatic heterocycles. The van der Waals surface area contributed by atoms with Gasteiger partial charge >= 0.3 is 0 Å². The molecule has 0 heterocycles. The summed E-state index contributed by atoms with van der Waals surface area (Å²) in [6.07, 6.45) is 1.43. The molecule has 0 saturated heterocycles. The van der Waals surface area contributed by atoms with E-state index in [9.17, 15) is 0 Å². The molecule has 4 nitrogen and oxygen atoms in total. The Balaban J connectivity index is 2.12. The summed E-state index contributed by atoms with van der Waals surface area (Å²) in [5.74, 6) is 0. The van der Waals surface area contributed by atoms with Crippen LogP contribution in [0, 0.1) is 0 Å². The van der Waals surface area contributed by atoms with Crippen molar-refractivity contribution in [2.75, 3.05) is 26.9 Å². The molecule has 1 aliphatic rings. The van der Waals surface area contributed by atoms with Crippen LogP contribution in [0.15, 0.2) is 0 Å². The normalized spacial score (nSPS) is 29.1. The topological polar surface area (TPSA) is 39.7 Å². The molecule has 0 spiro atoms. The molecular weight excluding hydrogens is 218 g/mol. The molecule has 102 valence electrons. The lowest BCUT2D eigenvalue weighted by molar-refractivity contribution is -0.146. The van der Waals surface area contributed by atoms with Gasteiger partial charge in [-0.3, -0.25) is 0 Å². The fourth-order valence-corrected chi connectivity index (χ4v) is 2.07. The van der Waals surface area contributed by atoms with Crippen LogP contribution in [0.3, 0.4) is 0 Å². The lowest BCUT2D eigenvalue weighted by atomic mass is 9.85. The Bertz CT molecular complexity index is 215. The third kappa shape index (κ3) is 4.92. The van der Waals surface area contributed by atoms with Gasteiger partial charge in [-0.15, -0.1) is 0 Å². The van der Waals surface area contributed by atoms with Crippen molar-refractivity contribution in [2.45, 2.75) is 58.0 Å². The SMILES string of the molecule is CCNC1CC(OCCOC(C)(C)C)C1OC. The summed E-state index contributed by atoms with van der Waals surface area (Å²) in [5.41, 5.74) is -0.0874. The second kappa shape index (κ2) is 6.69. The van der Waals surface area contributed by atoms with Crippen molar-refractivity contribution in [2.24, 2.45) is 0 Å². The van der Waals surface area contributed by atoms with Crippen LogP contribution >= 0.6 is 0 Å². The van der Waals surface area contributed by atoms with E-state index in [4.69, 9.17) is 14.2 Å². The first-order valence-corrected chi connectivity index (χ1v) is 6.49. The Morgan fingerprint density at radius 3 is 2.47 bits per heavy atom. The first-order valence-electron chi connectivity index (χ1n) is 6.49. The highest BCUT2D eigenvalue weighted by Gasteiger charge is 2.41. The minimum absolute atomic E-state index is 0.0874. The highest BCUT2D eigenvalue weighted by molar-refractivity contribution is 4.96. The number of likely N-dealkylation sites (N-methyl/N-ethyl adjacent to an activating group) is 1. The van der Waals surface area contributed by atoms with Gasteiger partial charge in [0.15, 0.2) is 0 Å². The standard InChI is InChI=1S/C13H27NO3/c1-6-14-10-9-11(12(10)15-5)16-7-8-17-13(2,3)4/h10-12,14H,6-9H2,1-5H3. The van der Waals surface area contributed by atoms with E-state index in [0.29, 0.717) is 19.3 Å². The van der Waals surface area contributed by atoms with Gasteiger partial charge in [-0.1, -0.05) is 6.92 Å². The quantitative estimate of drug-likeness (QED) is 0.691. The smallest absolute Gasteiger partial charge is 0.0986 e. The zero-order valence-corrected chi connectivity index (χ0v) is 11.8. The molecule has 1 saturated carbocycles. The van der Waals surface area contributed by atoms with Crippen molar-refractivity contribution in [3.05, 3.63) is 0 Å². The van der Waals surface area contributed by atoms with Crippen LogP contribution in [0.4, 0.5) is 0 Å². The number of rotatable bonds is 7. The van der Waals surface area contributed by atoms with Crippen LogP contribution in [0.2, 0.25) is 0 Å². The number of methoxy groups -OCH3 is 1. The van der Waals surface area contributed by atoms with Crippen molar-refractivity contribution < 1.29 is 14.2 Å². The average molecular weight is 245 g/mol. The third-order valence-corrected chi connectivity index (χ3v) is 2.94.